The van der Waals surface area contributed by atoms with Crippen molar-refractivity contribution in [1.82, 2.24) is 0 Å². The highest BCUT2D eigenvalue weighted by atomic mass is 32.2. The average molecular weight is 415 g/mol. The van der Waals surface area contributed by atoms with E-state index in [0.29, 0.717) is 24.2 Å². The van der Waals surface area contributed by atoms with Gasteiger partial charge in [-0.15, -0.1) is 11.8 Å². The van der Waals surface area contributed by atoms with Gasteiger partial charge in [-0.05, 0) is 56.9 Å². The van der Waals surface area contributed by atoms with Gasteiger partial charge in [0.25, 0.3) is 0 Å². The molecule has 0 unspecified atom stereocenters. The maximum absolute atomic E-state index is 12.6. The minimum atomic E-state index is -1.31. The number of carbonyl (C=O) groups excluding carboxylic acids is 1. The van der Waals surface area contributed by atoms with Gasteiger partial charge in [0.1, 0.15) is 23.4 Å². The monoisotopic (exact) mass is 414 g/mol. The van der Waals surface area contributed by atoms with Crippen molar-refractivity contribution >= 4 is 17.7 Å². The number of benzene rings is 2. The molecule has 6 heteroatoms. The Morgan fingerprint density at radius 2 is 1.76 bits per heavy atom. The molecule has 1 heterocycles. The molecule has 0 aromatic heterocycles. The van der Waals surface area contributed by atoms with Gasteiger partial charge in [-0.1, -0.05) is 36.4 Å². The molecule has 2 aliphatic rings. The zero-order valence-electron chi connectivity index (χ0n) is 16.6. The fourth-order valence-electron chi connectivity index (χ4n) is 3.99. The van der Waals surface area contributed by atoms with Gasteiger partial charge < -0.3 is 9.84 Å². The standard InChI is InChI=1S/C23H26O5S/c1-22(15-29-18-11-7-4-8-12-18)17-13-19(23(2,25)20(14-17)27-28-22)26-21(24)16-9-5-3-6-10-16/h3-12,17,19-20,25H,13-15H2,1-2H3/t17-,19+,20-,22-,23-/m0/s1. The third-order valence-electron chi connectivity index (χ3n) is 6.05. The number of carbonyl (C=O) groups is 1. The van der Waals surface area contributed by atoms with E-state index in [1.807, 2.05) is 31.2 Å². The fourth-order valence-corrected chi connectivity index (χ4v) is 5.08. The van der Waals surface area contributed by atoms with Crippen molar-refractivity contribution in [2.45, 2.75) is 55.0 Å². The third kappa shape index (κ3) is 4.21. The highest BCUT2D eigenvalue weighted by Crippen LogP contribution is 2.47. The zero-order chi connectivity index (χ0) is 20.5. The molecule has 1 aliphatic carbocycles. The first-order chi connectivity index (χ1) is 13.9. The molecule has 5 atom stereocenters. The van der Waals surface area contributed by atoms with Crippen LogP contribution in [0.5, 0.6) is 0 Å². The zero-order valence-corrected chi connectivity index (χ0v) is 17.4. The van der Waals surface area contributed by atoms with E-state index in [1.165, 1.54) is 0 Å². The normalized spacial score (nSPS) is 33.8. The summed E-state index contributed by atoms with van der Waals surface area (Å²) < 4.78 is 5.75. The summed E-state index contributed by atoms with van der Waals surface area (Å²) in [7, 11) is 0. The Bertz CT molecular complexity index is 841. The van der Waals surface area contributed by atoms with E-state index >= 15 is 0 Å². The Kier molecular flexibility index (Phi) is 5.71. The topological polar surface area (TPSA) is 65.0 Å². The summed E-state index contributed by atoms with van der Waals surface area (Å²) in [4.78, 5) is 25.2. The van der Waals surface area contributed by atoms with E-state index in [1.54, 1.807) is 43.0 Å². The highest BCUT2D eigenvalue weighted by Gasteiger charge is 2.57. The smallest absolute Gasteiger partial charge is 0.338 e. The molecule has 1 aliphatic heterocycles. The average Bonchev–Trinajstić information content (AvgIpc) is 2.74. The predicted octanol–water partition coefficient (Wildman–Crippen LogP) is 4.25. The van der Waals surface area contributed by atoms with Gasteiger partial charge in [0.05, 0.1) is 5.56 Å². The molecule has 1 saturated carbocycles. The van der Waals surface area contributed by atoms with Gasteiger partial charge in [-0.25, -0.2) is 14.6 Å². The van der Waals surface area contributed by atoms with Crippen molar-refractivity contribution in [3.8, 4) is 0 Å². The minimum absolute atomic E-state index is 0.103. The molecule has 0 amide bonds. The van der Waals surface area contributed by atoms with Crippen LogP contribution in [0.1, 0.15) is 37.0 Å². The molecule has 2 aromatic rings. The van der Waals surface area contributed by atoms with Crippen LogP contribution in [0.4, 0.5) is 0 Å². The minimum Gasteiger partial charge on any atom is -0.456 e. The van der Waals surface area contributed by atoms with Crippen LogP contribution in [0.3, 0.4) is 0 Å². The van der Waals surface area contributed by atoms with Crippen molar-refractivity contribution in [1.29, 1.82) is 0 Å². The largest absolute Gasteiger partial charge is 0.456 e. The molecule has 4 rings (SSSR count). The number of ether oxygens (including phenoxy) is 1. The predicted molar refractivity (Wildman–Crippen MR) is 111 cm³/mol. The second-order valence-electron chi connectivity index (χ2n) is 8.24. The molecule has 0 radical (unpaired) electrons. The van der Waals surface area contributed by atoms with Crippen LogP contribution in [-0.2, 0) is 14.5 Å². The lowest BCUT2D eigenvalue weighted by molar-refractivity contribution is -0.448. The van der Waals surface area contributed by atoms with E-state index < -0.39 is 29.4 Å². The first-order valence-corrected chi connectivity index (χ1v) is 10.9. The molecule has 154 valence electrons. The SMILES string of the molecule is C[C@@]1(O)[C@@H]2C[C@H](C[C@H]1OC(=O)c1ccccc1)[C@](C)(CSc1ccccc1)OO2. The number of thioether (sulfide) groups is 1. The maximum Gasteiger partial charge on any atom is 0.338 e. The maximum atomic E-state index is 12.6. The number of rotatable bonds is 5. The van der Waals surface area contributed by atoms with Crippen molar-refractivity contribution in [2.75, 3.05) is 5.75 Å². The number of hydrogen-bond donors (Lipinski definition) is 1. The van der Waals surface area contributed by atoms with Crippen LogP contribution < -0.4 is 0 Å². The van der Waals surface area contributed by atoms with E-state index in [2.05, 4.69) is 12.1 Å². The van der Waals surface area contributed by atoms with Crippen LogP contribution >= 0.6 is 11.8 Å². The van der Waals surface area contributed by atoms with Crippen LogP contribution in [0.15, 0.2) is 65.6 Å². The van der Waals surface area contributed by atoms with Gasteiger partial charge in [-0.2, -0.15) is 0 Å². The van der Waals surface area contributed by atoms with E-state index in [0.717, 1.165) is 4.90 Å². The molecule has 2 aromatic carbocycles. The molecular formula is C23H26O5S. The van der Waals surface area contributed by atoms with Crippen LogP contribution in [0.25, 0.3) is 0 Å². The van der Waals surface area contributed by atoms with Gasteiger partial charge in [0.2, 0.25) is 0 Å². The number of aliphatic hydroxyl groups is 1. The first-order valence-electron chi connectivity index (χ1n) is 9.89. The Balaban J connectivity index is 1.48. The van der Waals surface area contributed by atoms with Crippen LogP contribution in [0, 0.1) is 5.92 Å². The summed E-state index contributed by atoms with van der Waals surface area (Å²) in [5.74, 6) is 0.374. The lowest BCUT2D eigenvalue weighted by Gasteiger charge is -2.53. The highest BCUT2D eigenvalue weighted by molar-refractivity contribution is 7.99. The molecular weight excluding hydrogens is 388 g/mol. The van der Waals surface area contributed by atoms with Gasteiger partial charge in [0.15, 0.2) is 0 Å². The van der Waals surface area contributed by atoms with Crippen molar-refractivity contribution in [3.05, 3.63) is 66.2 Å². The van der Waals surface area contributed by atoms with Gasteiger partial charge in [-0.3, -0.25) is 0 Å². The summed E-state index contributed by atoms with van der Waals surface area (Å²) in [6.07, 6.45) is -0.0104. The molecule has 5 nitrogen and oxygen atoms in total. The summed E-state index contributed by atoms with van der Waals surface area (Å²) in [5, 5.41) is 11.0. The van der Waals surface area contributed by atoms with Crippen molar-refractivity contribution in [2.24, 2.45) is 5.92 Å². The third-order valence-corrected chi connectivity index (χ3v) is 7.37. The van der Waals surface area contributed by atoms with E-state index in [-0.39, 0.29) is 5.92 Å². The second kappa shape index (κ2) is 8.11. The Labute approximate surface area is 175 Å². The summed E-state index contributed by atoms with van der Waals surface area (Å²) in [5.41, 5.74) is -1.38. The fraction of sp³-hybridized carbons (Fsp3) is 0.435. The molecule has 1 saturated heterocycles. The van der Waals surface area contributed by atoms with Crippen LogP contribution in [-0.4, -0.2) is 40.2 Å². The quantitative estimate of drug-likeness (QED) is 0.448. The summed E-state index contributed by atoms with van der Waals surface area (Å²) >= 11 is 1.71. The lowest BCUT2D eigenvalue weighted by atomic mass is 9.69. The Morgan fingerprint density at radius 1 is 1.10 bits per heavy atom. The second-order valence-corrected chi connectivity index (χ2v) is 9.29. The number of hydrogen-bond acceptors (Lipinski definition) is 6. The van der Waals surface area contributed by atoms with Crippen LogP contribution in [0.2, 0.25) is 0 Å². The Hall–Kier alpha value is -1.86. The Morgan fingerprint density at radius 3 is 2.45 bits per heavy atom. The number of esters is 1. The molecule has 29 heavy (non-hydrogen) atoms. The van der Waals surface area contributed by atoms with Crippen molar-refractivity contribution < 1.29 is 24.4 Å². The molecule has 2 fully saturated rings. The van der Waals surface area contributed by atoms with Crippen molar-refractivity contribution in [3.63, 3.8) is 0 Å². The number of fused-ring (bicyclic) bond motifs is 2. The van der Waals surface area contributed by atoms with E-state index in [9.17, 15) is 9.90 Å². The summed E-state index contributed by atoms with van der Waals surface area (Å²) in [6, 6.07) is 19.0. The lowest BCUT2D eigenvalue weighted by Crippen LogP contribution is -2.64. The first kappa shape index (κ1) is 20.4. The summed E-state index contributed by atoms with van der Waals surface area (Å²) in [6.45, 7) is 3.68. The van der Waals surface area contributed by atoms with Gasteiger partial charge in [0, 0.05) is 10.6 Å². The molecule has 0 spiro atoms. The molecule has 2 bridgehead atoms. The molecule has 1 N–H and O–H groups in total. The van der Waals surface area contributed by atoms with Gasteiger partial charge >= 0.3 is 5.97 Å². The van der Waals surface area contributed by atoms with E-state index in [4.69, 9.17) is 14.5 Å².